The lowest BCUT2D eigenvalue weighted by molar-refractivity contribution is -0.116. The number of nitrogens with zero attached hydrogens (tertiary/aromatic N) is 3. The van der Waals surface area contributed by atoms with Crippen molar-refractivity contribution in [3.63, 3.8) is 0 Å². The first-order valence-corrected chi connectivity index (χ1v) is 10.7. The van der Waals surface area contributed by atoms with Crippen LogP contribution in [0.25, 0.3) is 16.5 Å². The van der Waals surface area contributed by atoms with E-state index in [1.807, 2.05) is 24.4 Å². The third-order valence-electron chi connectivity index (χ3n) is 3.78. The highest BCUT2D eigenvalue weighted by Crippen LogP contribution is 2.27. The molecule has 3 aromatic rings. The van der Waals surface area contributed by atoms with E-state index in [-0.39, 0.29) is 11.5 Å². The fourth-order valence-electron chi connectivity index (χ4n) is 2.59. The molecule has 9 heteroatoms. The molecule has 0 saturated heterocycles. The van der Waals surface area contributed by atoms with Crippen molar-refractivity contribution >= 4 is 39.0 Å². The van der Waals surface area contributed by atoms with Crippen LogP contribution in [0.4, 0.5) is 5.82 Å². The Morgan fingerprint density at radius 3 is 2.96 bits per heavy atom. The van der Waals surface area contributed by atoms with E-state index in [9.17, 15) is 9.59 Å². The quantitative estimate of drug-likeness (QED) is 0.512. The number of carbonyl (C=O) groups is 1. The molecule has 142 valence electrons. The molecule has 3 heterocycles. The SMILES string of the molecule is CCCc1cc(=O)[nH]c(-n2nc(-c3cccs3)cc2NC(=O)CCCBr)n1. The average molecular weight is 450 g/mol. The van der Waals surface area contributed by atoms with E-state index in [0.29, 0.717) is 36.0 Å². The van der Waals surface area contributed by atoms with Crippen LogP contribution in [0.3, 0.4) is 0 Å². The summed E-state index contributed by atoms with van der Waals surface area (Å²) in [6.45, 7) is 2.03. The average Bonchev–Trinajstić information content (AvgIpc) is 3.29. The van der Waals surface area contributed by atoms with Crippen molar-refractivity contribution in [2.24, 2.45) is 0 Å². The highest BCUT2D eigenvalue weighted by Gasteiger charge is 2.16. The number of amides is 1. The molecule has 0 aliphatic carbocycles. The maximum Gasteiger partial charge on any atom is 0.252 e. The van der Waals surface area contributed by atoms with Gasteiger partial charge in [-0.2, -0.15) is 9.78 Å². The molecule has 3 aromatic heterocycles. The van der Waals surface area contributed by atoms with Crippen molar-refractivity contribution in [3.8, 4) is 16.5 Å². The second-order valence-corrected chi connectivity index (χ2v) is 7.70. The third kappa shape index (κ3) is 4.92. The van der Waals surface area contributed by atoms with Crippen LogP contribution >= 0.6 is 27.3 Å². The van der Waals surface area contributed by atoms with Gasteiger partial charge in [0.05, 0.1) is 4.88 Å². The number of H-pyrrole nitrogens is 1. The van der Waals surface area contributed by atoms with Gasteiger partial charge in [0, 0.05) is 29.6 Å². The zero-order valence-corrected chi connectivity index (χ0v) is 17.3. The molecule has 0 aliphatic rings. The highest BCUT2D eigenvalue weighted by molar-refractivity contribution is 9.09. The van der Waals surface area contributed by atoms with Crippen molar-refractivity contribution in [3.05, 3.63) is 45.7 Å². The number of hydrogen-bond acceptors (Lipinski definition) is 5. The molecule has 0 aliphatic heterocycles. The Morgan fingerprint density at radius 2 is 2.26 bits per heavy atom. The number of thiophene rings is 1. The maximum absolute atomic E-state index is 12.2. The van der Waals surface area contributed by atoms with Gasteiger partial charge in [0.25, 0.3) is 5.56 Å². The van der Waals surface area contributed by atoms with Crippen molar-refractivity contribution in [1.29, 1.82) is 0 Å². The molecule has 0 spiro atoms. The molecule has 0 radical (unpaired) electrons. The van der Waals surface area contributed by atoms with E-state index in [1.165, 1.54) is 10.7 Å². The fraction of sp³-hybridized carbons (Fsp3) is 0.333. The number of aromatic amines is 1. The largest absolute Gasteiger partial charge is 0.310 e. The van der Waals surface area contributed by atoms with E-state index >= 15 is 0 Å². The minimum absolute atomic E-state index is 0.111. The van der Waals surface area contributed by atoms with Crippen molar-refractivity contribution in [2.45, 2.75) is 32.6 Å². The van der Waals surface area contributed by atoms with Gasteiger partial charge in [-0.1, -0.05) is 35.3 Å². The molecule has 27 heavy (non-hydrogen) atoms. The number of aryl methyl sites for hydroxylation is 1. The summed E-state index contributed by atoms with van der Waals surface area (Å²) < 4.78 is 1.49. The molecule has 0 unspecified atom stereocenters. The Morgan fingerprint density at radius 1 is 1.41 bits per heavy atom. The molecule has 0 aromatic carbocycles. The Balaban J connectivity index is 2.02. The van der Waals surface area contributed by atoms with E-state index in [4.69, 9.17) is 0 Å². The number of anilines is 1. The van der Waals surface area contributed by atoms with Crippen LogP contribution in [-0.2, 0) is 11.2 Å². The van der Waals surface area contributed by atoms with Gasteiger partial charge in [0.2, 0.25) is 11.9 Å². The zero-order chi connectivity index (χ0) is 19.2. The number of carbonyl (C=O) groups excluding carboxylic acids is 1. The number of hydrogen-bond donors (Lipinski definition) is 2. The molecule has 7 nitrogen and oxygen atoms in total. The predicted molar refractivity (Wildman–Crippen MR) is 111 cm³/mol. The fourth-order valence-corrected chi connectivity index (χ4v) is 3.55. The molecule has 1 amide bonds. The molecular formula is C18H20BrN5O2S. The van der Waals surface area contributed by atoms with Gasteiger partial charge >= 0.3 is 0 Å². The van der Waals surface area contributed by atoms with Crippen molar-refractivity contribution in [2.75, 3.05) is 10.6 Å². The lowest BCUT2D eigenvalue weighted by Crippen LogP contribution is -2.19. The minimum atomic E-state index is -0.242. The topological polar surface area (TPSA) is 92.7 Å². The van der Waals surface area contributed by atoms with Gasteiger partial charge in [-0.15, -0.1) is 11.3 Å². The molecule has 0 atom stereocenters. The van der Waals surface area contributed by atoms with Crippen LogP contribution in [0, 0.1) is 0 Å². The molecule has 0 bridgehead atoms. The summed E-state index contributed by atoms with van der Waals surface area (Å²) in [6, 6.07) is 7.18. The number of nitrogens with one attached hydrogen (secondary N) is 2. The Bertz CT molecular complexity index is 965. The van der Waals surface area contributed by atoms with Crippen molar-refractivity contribution in [1.82, 2.24) is 19.7 Å². The standard InChI is InChI=1S/C18H20BrN5O2S/c1-2-5-12-10-17(26)22-18(20-12)24-15(21-16(25)7-3-8-19)11-13(23-24)14-6-4-9-27-14/h4,6,9-11H,2-3,5,7-8H2,1H3,(H,21,25)(H,20,22,26). The Kier molecular flexibility index (Phi) is 6.57. The highest BCUT2D eigenvalue weighted by atomic mass is 79.9. The van der Waals surface area contributed by atoms with Crippen molar-refractivity contribution < 1.29 is 4.79 Å². The van der Waals surface area contributed by atoms with Crippen LogP contribution in [-0.4, -0.2) is 31.0 Å². The van der Waals surface area contributed by atoms with Gasteiger partial charge in [-0.05, 0) is 24.3 Å². The summed E-state index contributed by atoms with van der Waals surface area (Å²) >= 11 is 4.88. The van der Waals surface area contributed by atoms with Gasteiger partial charge in [-0.3, -0.25) is 14.6 Å². The van der Waals surface area contributed by atoms with Crippen LogP contribution in [0.15, 0.2) is 34.4 Å². The Hall–Kier alpha value is -2.26. The monoisotopic (exact) mass is 449 g/mol. The second kappa shape index (κ2) is 9.09. The van der Waals surface area contributed by atoms with Crippen LogP contribution < -0.4 is 10.9 Å². The van der Waals surface area contributed by atoms with Crippen LogP contribution in [0.1, 0.15) is 31.9 Å². The summed E-state index contributed by atoms with van der Waals surface area (Å²) in [4.78, 5) is 32.5. The Labute approximate surface area is 169 Å². The zero-order valence-electron chi connectivity index (χ0n) is 14.9. The van der Waals surface area contributed by atoms with Crippen LogP contribution in [0.5, 0.6) is 0 Å². The summed E-state index contributed by atoms with van der Waals surface area (Å²) in [5, 5.41) is 10.2. The first kappa shape index (κ1) is 19.5. The number of halogens is 1. The second-order valence-electron chi connectivity index (χ2n) is 5.95. The first-order valence-electron chi connectivity index (χ1n) is 8.71. The van der Waals surface area contributed by atoms with E-state index in [2.05, 4.69) is 36.3 Å². The number of aromatic nitrogens is 4. The van der Waals surface area contributed by atoms with Gasteiger partial charge < -0.3 is 5.32 Å². The normalized spacial score (nSPS) is 10.9. The lowest BCUT2D eigenvalue weighted by atomic mass is 10.2. The molecular weight excluding hydrogens is 430 g/mol. The summed E-state index contributed by atoms with van der Waals surface area (Å²) in [7, 11) is 0. The lowest BCUT2D eigenvalue weighted by Gasteiger charge is -2.08. The molecule has 2 N–H and O–H groups in total. The van der Waals surface area contributed by atoms with Gasteiger partial charge in [0.1, 0.15) is 11.5 Å². The summed E-state index contributed by atoms with van der Waals surface area (Å²) in [6.07, 6.45) is 2.71. The number of alkyl halides is 1. The predicted octanol–water partition coefficient (Wildman–Crippen LogP) is 3.75. The summed E-state index contributed by atoms with van der Waals surface area (Å²) in [5.41, 5.74) is 1.17. The maximum atomic E-state index is 12.2. The van der Waals surface area contributed by atoms with E-state index < -0.39 is 0 Å². The van der Waals surface area contributed by atoms with E-state index in [0.717, 1.165) is 23.0 Å². The first-order chi connectivity index (χ1) is 13.1. The van der Waals surface area contributed by atoms with Gasteiger partial charge in [-0.25, -0.2) is 4.98 Å². The summed E-state index contributed by atoms with van der Waals surface area (Å²) in [5.74, 6) is 0.666. The van der Waals surface area contributed by atoms with E-state index in [1.54, 1.807) is 17.4 Å². The molecule has 3 rings (SSSR count). The smallest absolute Gasteiger partial charge is 0.252 e. The third-order valence-corrected chi connectivity index (χ3v) is 5.23. The van der Waals surface area contributed by atoms with Crippen LogP contribution in [0.2, 0.25) is 0 Å². The molecule has 0 fully saturated rings. The molecule has 0 saturated carbocycles. The van der Waals surface area contributed by atoms with Gasteiger partial charge in [0.15, 0.2) is 0 Å². The minimum Gasteiger partial charge on any atom is -0.310 e. The number of rotatable bonds is 8.